The monoisotopic (exact) mass is 495 g/mol. The van der Waals surface area contributed by atoms with Gasteiger partial charge in [0.25, 0.3) is 5.91 Å². The molecule has 0 spiro atoms. The van der Waals surface area contributed by atoms with Crippen molar-refractivity contribution in [2.45, 2.75) is 53.2 Å². The highest BCUT2D eigenvalue weighted by molar-refractivity contribution is 6.30. The summed E-state index contributed by atoms with van der Waals surface area (Å²) in [6.07, 6.45) is 0.654. The fraction of sp³-hybridized carbons (Fsp3) is 0.333. The number of hydrogen-bond acceptors (Lipinski definition) is 6. The second-order valence-corrected chi connectivity index (χ2v) is 9.21. The Labute approximate surface area is 210 Å². The SMILES string of the molecule is Cc1nc(C)c(COC(=O)C(C)(C)Oc2ccc(CCNC(=O)c3ccc(Cl)cc3)cc2)nc1C. The van der Waals surface area contributed by atoms with E-state index in [-0.39, 0.29) is 12.5 Å². The number of amides is 1. The van der Waals surface area contributed by atoms with Crippen LogP contribution in [0.4, 0.5) is 0 Å². The summed E-state index contributed by atoms with van der Waals surface area (Å²) in [5.41, 5.74) is 3.43. The maximum Gasteiger partial charge on any atom is 0.350 e. The number of aryl methyl sites for hydroxylation is 3. The third-order valence-corrected chi connectivity index (χ3v) is 5.76. The number of nitrogens with zero attached hydrogens (tertiary/aromatic N) is 2. The van der Waals surface area contributed by atoms with E-state index in [1.165, 1.54) is 0 Å². The number of carbonyl (C=O) groups is 2. The van der Waals surface area contributed by atoms with Gasteiger partial charge in [-0.3, -0.25) is 14.8 Å². The molecule has 0 aliphatic heterocycles. The molecule has 0 radical (unpaired) electrons. The highest BCUT2D eigenvalue weighted by atomic mass is 35.5. The number of nitrogens with one attached hydrogen (secondary N) is 1. The lowest BCUT2D eigenvalue weighted by Gasteiger charge is -2.24. The fourth-order valence-corrected chi connectivity index (χ4v) is 3.42. The standard InChI is InChI=1S/C27H30ClN3O4/c1-17-18(2)31-24(19(3)30-17)16-34-26(33)27(4,5)35-23-12-6-20(7-13-23)14-15-29-25(32)21-8-10-22(28)11-9-21/h6-13H,14-16H2,1-5H3,(H,29,32). The molecule has 1 amide bonds. The quantitative estimate of drug-likeness (QED) is 0.423. The maximum absolute atomic E-state index is 12.7. The molecule has 0 aliphatic rings. The van der Waals surface area contributed by atoms with Gasteiger partial charge in [-0.1, -0.05) is 23.7 Å². The van der Waals surface area contributed by atoms with E-state index in [1.54, 1.807) is 50.2 Å². The highest BCUT2D eigenvalue weighted by Crippen LogP contribution is 2.21. The Hall–Kier alpha value is -3.45. The number of ether oxygens (including phenoxy) is 2. The van der Waals surface area contributed by atoms with Gasteiger partial charge < -0.3 is 14.8 Å². The van der Waals surface area contributed by atoms with E-state index < -0.39 is 11.6 Å². The molecule has 0 saturated carbocycles. The van der Waals surface area contributed by atoms with Crippen LogP contribution in [0, 0.1) is 20.8 Å². The fourth-order valence-electron chi connectivity index (χ4n) is 3.29. The molecule has 0 fully saturated rings. The normalized spacial score (nSPS) is 11.1. The van der Waals surface area contributed by atoms with Gasteiger partial charge in [0.05, 0.1) is 22.8 Å². The minimum atomic E-state index is -1.19. The number of hydrogen-bond donors (Lipinski definition) is 1. The molecule has 0 atom stereocenters. The molecule has 0 bridgehead atoms. The maximum atomic E-state index is 12.7. The molecule has 2 aromatic carbocycles. The van der Waals surface area contributed by atoms with Crippen LogP contribution >= 0.6 is 11.6 Å². The second kappa shape index (κ2) is 11.3. The number of rotatable bonds is 9. The molecule has 0 aliphatic carbocycles. The van der Waals surface area contributed by atoms with Crippen LogP contribution in [0.25, 0.3) is 0 Å². The number of carbonyl (C=O) groups excluding carboxylic acids is 2. The predicted octanol–water partition coefficient (Wildman–Crippen LogP) is 4.93. The van der Waals surface area contributed by atoms with Crippen molar-refractivity contribution in [2.75, 3.05) is 6.54 Å². The Morgan fingerprint density at radius 3 is 2.20 bits per heavy atom. The Kier molecular flexibility index (Phi) is 8.46. The third-order valence-electron chi connectivity index (χ3n) is 5.51. The van der Waals surface area contributed by atoms with Crippen LogP contribution in [0.3, 0.4) is 0 Å². The molecule has 1 heterocycles. The number of aromatic nitrogens is 2. The van der Waals surface area contributed by atoms with Gasteiger partial charge in [0.15, 0.2) is 5.60 Å². The van der Waals surface area contributed by atoms with Crippen LogP contribution in [0.5, 0.6) is 5.75 Å². The van der Waals surface area contributed by atoms with Gasteiger partial charge >= 0.3 is 5.97 Å². The number of benzene rings is 2. The lowest BCUT2D eigenvalue weighted by Crippen LogP contribution is -2.39. The van der Waals surface area contributed by atoms with Crippen LogP contribution in [-0.4, -0.2) is 34.0 Å². The van der Waals surface area contributed by atoms with E-state index >= 15 is 0 Å². The van der Waals surface area contributed by atoms with E-state index in [0.717, 1.165) is 22.6 Å². The molecule has 1 N–H and O–H groups in total. The molecule has 3 aromatic rings. The van der Waals surface area contributed by atoms with Crippen molar-refractivity contribution in [2.24, 2.45) is 0 Å². The number of halogens is 1. The highest BCUT2D eigenvalue weighted by Gasteiger charge is 2.32. The first-order valence-corrected chi connectivity index (χ1v) is 11.7. The van der Waals surface area contributed by atoms with Crippen LogP contribution < -0.4 is 10.1 Å². The lowest BCUT2D eigenvalue weighted by atomic mass is 10.1. The molecular formula is C27H30ClN3O4. The molecule has 3 rings (SSSR count). The molecule has 184 valence electrons. The summed E-state index contributed by atoms with van der Waals surface area (Å²) in [6, 6.07) is 14.1. The van der Waals surface area contributed by atoms with Gasteiger partial charge in [-0.15, -0.1) is 0 Å². The van der Waals surface area contributed by atoms with Crippen LogP contribution in [-0.2, 0) is 22.6 Å². The van der Waals surface area contributed by atoms with Gasteiger partial charge in [-0.25, -0.2) is 4.79 Å². The first-order valence-electron chi connectivity index (χ1n) is 11.3. The lowest BCUT2D eigenvalue weighted by molar-refractivity contribution is -0.160. The Balaban J connectivity index is 1.49. The summed E-state index contributed by atoms with van der Waals surface area (Å²) in [4.78, 5) is 33.7. The van der Waals surface area contributed by atoms with Crippen LogP contribution in [0.2, 0.25) is 5.02 Å². The summed E-state index contributed by atoms with van der Waals surface area (Å²) >= 11 is 5.85. The van der Waals surface area contributed by atoms with Crippen molar-refractivity contribution in [3.05, 3.63) is 87.5 Å². The molecule has 1 aromatic heterocycles. The second-order valence-electron chi connectivity index (χ2n) is 8.77. The van der Waals surface area contributed by atoms with Gasteiger partial charge in [-0.05, 0) is 83.0 Å². The molecule has 0 unspecified atom stereocenters. The third kappa shape index (κ3) is 7.26. The van der Waals surface area contributed by atoms with E-state index in [4.69, 9.17) is 21.1 Å². The van der Waals surface area contributed by atoms with Crippen molar-refractivity contribution in [3.63, 3.8) is 0 Å². The van der Waals surface area contributed by atoms with Gasteiger partial charge in [0.2, 0.25) is 0 Å². The van der Waals surface area contributed by atoms with E-state index in [9.17, 15) is 9.59 Å². The van der Waals surface area contributed by atoms with Crippen molar-refractivity contribution >= 4 is 23.5 Å². The molecule has 0 saturated heterocycles. The van der Waals surface area contributed by atoms with Gasteiger partial charge in [-0.2, -0.15) is 0 Å². The van der Waals surface area contributed by atoms with Gasteiger partial charge in [0, 0.05) is 17.1 Å². The summed E-state index contributed by atoms with van der Waals surface area (Å²) in [6.45, 7) is 9.45. The molecular weight excluding hydrogens is 466 g/mol. The zero-order chi connectivity index (χ0) is 25.6. The van der Waals surface area contributed by atoms with Crippen LogP contribution in [0.15, 0.2) is 48.5 Å². The Morgan fingerprint density at radius 2 is 1.54 bits per heavy atom. The van der Waals surface area contributed by atoms with Crippen molar-refractivity contribution in [1.29, 1.82) is 0 Å². The average molecular weight is 496 g/mol. The topological polar surface area (TPSA) is 90.4 Å². The van der Waals surface area contributed by atoms with Crippen LogP contribution in [0.1, 0.15) is 52.5 Å². The smallest absolute Gasteiger partial charge is 0.350 e. The average Bonchev–Trinajstić information content (AvgIpc) is 2.81. The summed E-state index contributed by atoms with van der Waals surface area (Å²) in [5.74, 6) is -0.0992. The predicted molar refractivity (Wildman–Crippen MR) is 135 cm³/mol. The minimum absolute atomic E-state index is 0.0340. The minimum Gasteiger partial charge on any atom is -0.476 e. The largest absolute Gasteiger partial charge is 0.476 e. The zero-order valence-electron chi connectivity index (χ0n) is 20.6. The molecule has 8 heteroatoms. The summed E-state index contributed by atoms with van der Waals surface area (Å²) in [7, 11) is 0. The Bertz CT molecular complexity index is 1190. The molecule has 7 nitrogen and oxygen atoms in total. The molecule has 35 heavy (non-hydrogen) atoms. The number of esters is 1. The van der Waals surface area contributed by atoms with Gasteiger partial charge in [0.1, 0.15) is 12.4 Å². The summed E-state index contributed by atoms with van der Waals surface area (Å²) < 4.78 is 11.4. The zero-order valence-corrected chi connectivity index (χ0v) is 21.4. The Morgan fingerprint density at radius 1 is 0.914 bits per heavy atom. The van der Waals surface area contributed by atoms with Crippen molar-refractivity contribution < 1.29 is 19.1 Å². The first-order chi connectivity index (χ1) is 16.5. The van der Waals surface area contributed by atoms with Crippen molar-refractivity contribution in [3.8, 4) is 5.75 Å². The van der Waals surface area contributed by atoms with E-state index in [0.29, 0.717) is 35.0 Å². The van der Waals surface area contributed by atoms with E-state index in [1.807, 2.05) is 32.9 Å². The first kappa shape index (κ1) is 26.2. The van der Waals surface area contributed by atoms with Crippen molar-refractivity contribution in [1.82, 2.24) is 15.3 Å². The van der Waals surface area contributed by atoms with E-state index in [2.05, 4.69) is 15.3 Å². The summed E-state index contributed by atoms with van der Waals surface area (Å²) in [5, 5.41) is 3.48.